The average Bonchev–Trinajstić information content (AvgIpc) is 2.40. The van der Waals surface area contributed by atoms with Crippen LogP contribution in [-0.2, 0) is 4.57 Å². The zero-order valence-electron chi connectivity index (χ0n) is 9.21. The van der Waals surface area contributed by atoms with Crippen LogP contribution in [0.4, 0.5) is 0 Å². The third kappa shape index (κ3) is 1.94. The molecule has 1 heterocycles. The average molecular weight is 231 g/mol. The lowest BCUT2D eigenvalue weighted by atomic mass is 10.4. The zero-order valence-corrected chi connectivity index (χ0v) is 10.1. The Morgan fingerprint density at radius 2 is 1.75 bits per heavy atom. The molecule has 0 bridgehead atoms. The van der Waals surface area contributed by atoms with Crippen molar-refractivity contribution in [1.82, 2.24) is 4.98 Å². The van der Waals surface area contributed by atoms with E-state index in [9.17, 15) is 4.57 Å². The van der Waals surface area contributed by atoms with Gasteiger partial charge in [0, 0.05) is 17.7 Å². The summed E-state index contributed by atoms with van der Waals surface area (Å²) in [5.74, 6) is 0. The SMILES string of the molecule is CC[P@](=O)(c1ccccc1)c1ccccn1. The van der Waals surface area contributed by atoms with E-state index in [-0.39, 0.29) is 0 Å². The maximum Gasteiger partial charge on any atom is 0.160 e. The summed E-state index contributed by atoms with van der Waals surface area (Å²) in [4.78, 5) is 4.23. The Labute approximate surface area is 95.7 Å². The minimum Gasteiger partial charge on any atom is -0.312 e. The van der Waals surface area contributed by atoms with E-state index in [0.29, 0.717) is 11.6 Å². The van der Waals surface area contributed by atoms with Crippen LogP contribution in [0.2, 0.25) is 0 Å². The smallest absolute Gasteiger partial charge is 0.160 e. The van der Waals surface area contributed by atoms with Gasteiger partial charge in [0.15, 0.2) is 7.14 Å². The molecule has 0 spiro atoms. The summed E-state index contributed by atoms with van der Waals surface area (Å²) in [6, 6.07) is 15.2. The predicted molar refractivity (Wildman–Crippen MR) is 68.1 cm³/mol. The van der Waals surface area contributed by atoms with Gasteiger partial charge >= 0.3 is 0 Å². The summed E-state index contributed by atoms with van der Waals surface area (Å²) < 4.78 is 12.9. The number of aromatic nitrogens is 1. The molecule has 0 saturated carbocycles. The molecular weight excluding hydrogens is 217 g/mol. The Balaban J connectivity index is 2.54. The fourth-order valence-electron chi connectivity index (χ4n) is 1.71. The Morgan fingerprint density at radius 3 is 2.31 bits per heavy atom. The van der Waals surface area contributed by atoms with Gasteiger partial charge in [0.05, 0.1) is 0 Å². The number of rotatable bonds is 3. The molecule has 0 radical (unpaired) electrons. The molecule has 3 heteroatoms. The summed E-state index contributed by atoms with van der Waals surface area (Å²) in [5, 5.41) is 0.885. The fraction of sp³-hybridized carbons (Fsp3) is 0.154. The summed E-state index contributed by atoms with van der Waals surface area (Å²) in [7, 11) is -2.52. The molecule has 0 aliphatic carbocycles. The topological polar surface area (TPSA) is 30.0 Å². The Kier molecular flexibility index (Phi) is 3.21. The second kappa shape index (κ2) is 4.63. The van der Waals surface area contributed by atoms with Crippen LogP contribution in [0.5, 0.6) is 0 Å². The lowest BCUT2D eigenvalue weighted by molar-refractivity contribution is 0.587. The van der Waals surface area contributed by atoms with Gasteiger partial charge in [-0.15, -0.1) is 0 Å². The van der Waals surface area contributed by atoms with E-state index in [1.54, 1.807) is 6.20 Å². The molecular formula is C13H14NOP. The molecule has 0 aliphatic heterocycles. The highest BCUT2D eigenvalue weighted by Gasteiger charge is 2.25. The van der Waals surface area contributed by atoms with Crippen LogP contribution >= 0.6 is 7.14 Å². The van der Waals surface area contributed by atoms with E-state index in [1.807, 2.05) is 55.5 Å². The van der Waals surface area contributed by atoms with Crippen molar-refractivity contribution in [2.45, 2.75) is 6.92 Å². The first-order chi connectivity index (χ1) is 7.77. The van der Waals surface area contributed by atoms with E-state index in [2.05, 4.69) is 4.98 Å². The van der Waals surface area contributed by atoms with Crippen molar-refractivity contribution in [3.63, 3.8) is 0 Å². The first-order valence-electron chi connectivity index (χ1n) is 5.33. The molecule has 2 rings (SSSR count). The van der Waals surface area contributed by atoms with Gasteiger partial charge in [0.1, 0.15) is 5.44 Å². The molecule has 2 aromatic rings. The highest BCUT2D eigenvalue weighted by Crippen LogP contribution is 2.41. The minimum absolute atomic E-state index is 0.605. The zero-order chi connectivity index (χ0) is 11.4. The molecule has 0 amide bonds. The van der Waals surface area contributed by atoms with Crippen LogP contribution in [0, 0.1) is 0 Å². The van der Waals surface area contributed by atoms with Crippen LogP contribution in [0.15, 0.2) is 54.7 Å². The normalized spacial score (nSPS) is 14.3. The quantitative estimate of drug-likeness (QED) is 0.759. The standard InChI is InChI=1S/C13H14NOP/c1-2-16(15,12-8-4-3-5-9-12)13-10-6-7-11-14-13/h3-11H,2H2,1H3/t16-/m0/s1. The molecule has 2 nitrogen and oxygen atoms in total. The van der Waals surface area contributed by atoms with Gasteiger partial charge in [-0.05, 0) is 12.1 Å². The first-order valence-corrected chi connectivity index (χ1v) is 7.23. The van der Waals surface area contributed by atoms with Crippen LogP contribution in [0.25, 0.3) is 0 Å². The van der Waals surface area contributed by atoms with Gasteiger partial charge in [0.25, 0.3) is 0 Å². The van der Waals surface area contributed by atoms with Crippen molar-refractivity contribution in [3.05, 3.63) is 54.7 Å². The highest BCUT2D eigenvalue weighted by molar-refractivity contribution is 7.78. The van der Waals surface area contributed by atoms with Gasteiger partial charge in [-0.25, -0.2) is 0 Å². The number of hydrogen-bond acceptors (Lipinski definition) is 2. The predicted octanol–water partition coefficient (Wildman–Crippen LogP) is 2.42. The molecule has 0 unspecified atom stereocenters. The van der Waals surface area contributed by atoms with Crippen molar-refractivity contribution >= 4 is 17.9 Å². The Hall–Kier alpha value is -1.40. The van der Waals surface area contributed by atoms with Gasteiger partial charge < -0.3 is 4.57 Å². The van der Waals surface area contributed by atoms with Crippen molar-refractivity contribution in [3.8, 4) is 0 Å². The van der Waals surface area contributed by atoms with E-state index in [4.69, 9.17) is 0 Å². The lowest BCUT2D eigenvalue weighted by Crippen LogP contribution is -2.19. The molecule has 0 aliphatic rings. The molecule has 0 N–H and O–H groups in total. The molecule has 1 aromatic carbocycles. The molecule has 1 aromatic heterocycles. The van der Waals surface area contributed by atoms with E-state index in [0.717, 1.165) is 5.30 Å². The molecule has 0 fully saturated rings. The van der Waals surface area contributed by atoms with E-state index >= 15 is 0 Å². The summed E-state index contributed by atoms with van der Waals surface area (Å²) in [6.45, 7) is 1.95. The van der Waals surface area contributed by atoms with Gasteiger partial charge in [-0.2, -0.15) is 0 Å². The summed E-state index contributed by atoms with van der Waals surface area (Å²) in [5.41, 5.74) is 0.698. The molecule has 1 atom stereocenters. The Morgan fingerprint density at radius 1 is 1.06 bits per heavy atom. The largest absolute Gasteiger partial charge is 0.312 e. The van der Waals surface area contributed by atoms with Gasteiger partial charge in [-0.1, -0.05) is 43.3 Å². The minimum atomic E-state index is -2.52. The second-order valence-electron chi connectivity index (χ2n) is 3.58. The lowest BCUT2D eigenvalue weighted by Gasteiger charge is -2.15. The number of hydrogen-bond donors (Lipinski definition) is 0. The van der Waals surface area contributed by atoms with Crippen molar-refractivity contribution in [2.75, 3.05) is 6.16 Å². The third-order valence-corrected chi connectivity index (χ3v) is 5.67. The first kappa shape index (κ1) is 11.1. The van der Waals surface area contributed by atoms with Gasteiger partial charge in [-0.3, -0.25) is 4.98 Å². The molecule has 82 valence electrons. The summed E-state index contributed by atoms with van der Waals surface area (Å²) >= 11 is 0. The van der Waals surface area contributed by atoms with Crippen molar-refractivity contribution in [1.29, 1.82) is 0 Å². The highest BCUT2D eigenvalue weighted by atomic mass is 31.2. The molecule has 16 heavy (non-hydrogen) atoms. The maximum absolute atomic E-state index is 12.9. The van der Waals surface area contributed by atoms with Gasteiger partial charge in [0.2, 0.25) is 0 Å². The second-order valence-corrected chi connectivity index (χ2v) is 6.67. The number of pyridine rings is 1. The van der Waals surface area contributed by atoms with Crippen LogP contribution in [-0.4, -0.2) is 11.1 Å². The summed E-state index contributed by atoms with van der Waals surface area (Å²) in [6.07, 6.45) is 2.30. The number of nitrogens with zero attached hydrogens (tertiary/aromatic N) is 1. The van der Waals surface area contributed by atoms with Crippen LogP contribution in [0.3, 0.4) is 0 Å². The monoisotopic (exact) mass is 231 g/mol. The maximum atomic E-state index is 12.9. The number of benzene rings is 1. The van der Waals surface area contributed by atoms with Crippen LogP contribution in [0.1, 0.15) is 6.92 Å². The van der Waals surface area contributed by atoms with Crippen molar-refractivity contribution < 1.29 is 4.57 Å². The van der Waals surface area contributed by atoms with Crippen molar-refractivity contribution in [2.24, 2.45) is 0 Å². The fourth-order valence-corrected chi connectivity index (χ4v) is 3.90. The van der Waals surface area contributed by atoms with Crippen LogP contribution < -0.4 is 10.7 Å². The van der Waals surface area contributed by atoms with E-state index in [1.165, 1.54) is 0 Å². The molecule has 0 saturated heterocycles. The third-order valence-electron chi connectivity index (χ3n) is 2.64. The Bertz CT molecular complexity index is 452. The van der Waals surface area contributed by atoms with E-state index < -0.39 is 7.14 Å².